The van der Waals surface area contributed by atoms with Gasteiger partial charge in [-0.3, -0.25) is 8.37 Å². The SMILES string of the molecule is CC(C)(C)OC(=O)NCC(CCCCC(CNC(=O)OC(C)(C)C)OS(C)(=O)=O)OS(C)(=O)=O. The maximum atomic E-state index is 11.8. The van der Waals surface area contributed by atoms with Gasteiger partial charge in [0, 0.05) is 13.1 Å². The Kier molecular flexibility index (Phi) is 12.8. The third-order valence-corrected chi connectivity index (χ3v) is 4.91. The number of hydrogen-bond donors (Lipinski definition) is 2. The molecule has 0 bridgehead atoms. The van der Waals surface area contributed by atoms with Crippen LogP contribution in [0.15, 0.2) is 0 Å². The molecule has 202 valence electrons. The maximum Gasteiger partial charge on any atom is 0.407 e. The zero-order chi connectivity index (χ0) is 26.8. The van der Waals surface area contributed by atoms with Crippen LogP contribution < -0.4 is 10.6 Å². The van der Waals surface area contributed by atoms with Crippen LogP contribution >= 0.6 is 0 Å². The topological polar surface area (TPSA) is 163 Å². The average molecular weight is 533 g/mol. The summed E-state index contributed by atoms with van der Waals surface area (Å²) in [5.74, 6) is 0. The first kappa shape index (κ1) is 32.4. The zero-order valence-corrected chi connectivity index (χ0v) is 22.9. The lowest BCUT2D eigenvalue weighted by molar-refractivity contribution is 0.0486. The first-order valence-corrected chi connectivity index (χ1v) is 14.5. The van der Waals surface area contributed by atoms with Crippen molar-refractivity contribution in [1.82, 2.24) is 10.6 Å². The molecule has 0 aliphatic heterocycles. The molecule has 14 heteroatoms. The minimum Gasteiger partial charge on any atom is -0.444 e. The minimum absolute atomic E-state index is 0.0918. The Morgan fingerprint density at radius 3 is 1.21 bits per heavy atom. The smallest absolute Gasteiger partial charge is 0.407 e. The van der Waals surface area contributed by atoms with Gasteiger partial charge in [-0.2, -0.15) is 16.8 Å². The highest BCUT2D eigenvalue weighted by atomic mass is 32.2. The maximum absolute atomic E-state index is 11.8. The number of alkyl carbamates (subject to hydrolysis) is 2. The van der Waals surface area contributed by atoms with Gasteiger partial charge in [-0.15, -0.1) is 0 Å². The molecular formula is C20H40N2O10S2. The lowest BCUT2D eigenvalue weighted by atomic mass is 10.1. The summed E-state index contributed by atoms with van der Waals surface area (Å²) in [4.78, 5) is 23.7. The van der Waals surface area contributed by atoms with E-state index < -0.39 is 55.8 Å². The molecule has 34 heavy (non-hydrogen) atoms. The molecule has 0 aromatic heterocycles. The Labute approximate surface area is 203 Å². The van der Waals surface area contributed by atoms with Crippen molar-refractivity contribution in [2.75, 3.05) is 25.6 Å². The first-order valence-electron chi connectivity index (χ1n) is 10.9. The molecule has 2 unspecified atom stereocenters. The molecule has 0 saturated carbocycles. The monoisotopic (exact) mass is 532 g/mol. The van der Waals surface area contributed by atoms with Crippen LogP contribution in [0.25, 0.3) is 0 Å². The van der Waals surface area contributed by atoms with E-state index in [1.807, 2.05) is 0 Å². The Hall–Kier alpha value is -1.64. The fourth-order valence-electron chi connectivity index (χ4n) is 2.63. The van der Waals surface area contributed by atoms with Crippen molar-refractivity contribution >= 4 is 32.4 Å². The van der Waals surface area contributed by atoms with E-state index in [0.29, 0.717) is 12.8 Å². The third-order valence-electron chi connectivity index (χ3n) is 3.67. The minimum atomic E-state index is -3.77. The largest absolute Gasteiger partial charge is 0.444 e. The Morgan fingerprint density at radius 2 is 0.971 bits per heavy atom. The van der Waals surface area contributed by atoms with E-state index in [1.165, 1.54) is 0 Å². The van der Waals surface area contributed by atoms with Gasteiger partial charge in [-0.05, 0) is 54.4 Å². The molecule has 0 spiro atoms. The Bertz CT molecular complexity index is 787. The van der Waals surface area contributed by atoms with Crippen molar-refractivity contribution in [3.63, 3.8) is 0 Å². The normalized spacial score (nSPS) is 14.7. The average Bonchev–Trinajstić information content (AvgIpc) is 2.55. The second kappa shape index (κ2) is 13.4. The summed E-state index contributed by atoms with van der Waals surface area (Å²) < 4.78 is 66.5. The lowest BCUT2D eigenvalue weighted by Crippen LogP contribution is -2.39. The summed E-state index contributed by atoms with van der Waals surface area (Å²) in [6.07, 6.45) is 0.125. The summed E-state index contributed by atoms with van der Waals surface area (Å²) in [5, 5.41) is 4.96. The molecule has 0 fully saturated rings. The van der Waals surface area contributed by atoms with Crippen LogP contribution in [0.2, 0.25) is 0 Å². The van der Waals surface area contributed by atoms with E-state index in [2.05, 4.69) is 10.6 Å². The fourth-order valence-corrected chi connectivity index (χ4v) is 3.95. The van der Waals surface area contributed by atoms with E-state index in [4.69, 9.17) is 17.8 Å². The molecule has 2 N–H and O–H groups in total. The van der Waals surface area contributed by atoms with Crippen LogP contribution in [0, 0.1) is 0 Å². The number of rotatable bonds is 13. The molecule has 0 heterocycles. The molecule has 0 aliphatic carbocycles. The third kappa shape index (κ3) is 20.9. The highest BCUT2D eigenvalue weighted by Gasteiger charge is 2.22. The van der Waals surface area contributed by atoms with Gasteiger partial charge in [0.2, 0.25) is 0 Å². The summed E-state index contributed by atoms with van der Waals surface area (Å²) in [7, 11) is -7.55. The van der Waals surface area contributed by atoms with E-state index in [-0.39, 0.29) is 25.9 Å². The molecule has 0 radical (unpaired) electrons. The number of carbonyl (C=O) groups is 2. The van der Waals surface area contributed by atoms with Gasteiger partial charge in [0.05, 0.1) is 24.7 Å². The number of amides is 2. The van der Waals surface area contributed by atoms with Crippen molar-refractivity contribution in [1.29, 1.82) is 0 Å². The van der Waals surface area contributed by atoms with Crippen LogP contribution in [-0.2, 0) is 38.1 Å². The van der Waals surface area contributed by atoms with Gasteiger partial charge >= 0.3 is 12.2 Å². The molecule has 2 amide bonds. The van der Waals surface area contributed by atoms with Crippen molar-refractivity contribution in [3.05, 3.63) is 0 Å². The highest BCUT2D eigenvalue weighted by Crippen LogP contribution is 2.14. The lowest BCUT2D eigenvalue weighted by Gasteiger charge is -2.22. The van der Waals surface area contributed by atoms with Crippen LogP contribution in [0.3, 0.4) is 0 Å². The van der Waals surface area contributed by atoms with E-state index in [9.17, 15) is 26.4 Å². The van der Waals surface area contributed by atoms with Gasteiger partial charge < -0.3 is 20.1 Å². The quantitative estimate of drug-likeness (QED) is 0.266. The van der Waals surface area contributed by atoms with Crippen LogP contribution in [0.4, 0.5) is 9.59 Å². The second-order valence-corrected chi connectivity index (χ2v) is 13.1. The van der Waals surface area contributed by atoms with Gasteiger partial charge in [-0.25, -0.2) is 9.59 Å². The van der Waals surface area contributed by atoms with Crippen LogP contribution in [0.1, 0.15) is 67.2 Å². The summed E-state index contributed by atoms with van der Waals surface area (Å²) >= 11 is 0. The van der Waals surface area contributed by atoms with Crippen LogP contribution in [-0.4, -0.2) is 78.0 Å². The second-order valence-electron chi connectivity index (χ2n) is 9.89. The molecule has 0 aromatic carbocycles. The number of unbranched alkanes of at least 4 members (excludes halogenated alkanes) is 1. The van der Waals surface area contributed by atoms with Gasteiger partial charge in [0.1, 0.15) is 11.2 Å². The van der Waals surface area contributed by atoms with Crippen LogP contribution in [0.5, 0.6) is 0 Å². The zero-order valence-electron chi connectivity index (χ0n) is 21.3. The van der Waals surface area contributed by atoms with E-state index in [1.54, 1.807) is 41.5 Å². The fraction of sp³-hybridized carbons (Fsp3) is 0.900. The van der Waals surface area contributed by atoms with Crippen molar-refractivity contribution in [2.45, 2.75) is 90.6 Å². The van der Waals surface area contributed by atoms with Crippen molar-refractivity contribution in [2.24, 2.45) is 0 Å². The summed E-state index contributed by atoms with van der Waals surface area (Å²) in [5.41, 5.74) is -1.42. The molecule has 0 aliphatic rings. The molecule has 2 atom stereocenters. The van der Waals surface area contributed by atoms with Crippen molar-refractivity contribution in [3.8, 4) is 0 Å². The Morgan fingerprint density at radius 1 is 0.676 bits per heavy atom. The molecule has 12 nitrogen and oxygen atoms in total. The number of carbonyl (C=O) groups excluding carboxylic acids is 2. The summed E-state index contributed by atoms with van der Waals surface area (Å²) in [6.45, 7) is 10.0. The predicted octanol–water partition coefficient (Wildman–Crippen LogP) is 2.29. The highest BCUT2D eigenvalue weighted by molar-refractivity contribution is 7.86. The standard InChI is InChI=1S/C20H40N2O10S2/c1-19(2,3)29-17(23)21-13-15(31-33(7,25)26)11-9-10-12-16(32-34(8,27)28)14-22-18(24)30-20(4,5)6/h15-16H,9-14H2,1-8H3,(H,21,23)(H,22,24). The molecular weight excluding hydrogens is 492 g/mol. The predicted molar refractivity (Wildman–Crippen MR) is 126 cm³/mol. The number of hydrogen-bond acceptors (Lipinski definition) is 10. The summed E-state index contributed by atoms with van der Waals surface area (Å²) in [6, 6.07) is 0. The van der Waals surface area contributed by atoms with Crippen molar-refractivity contribution < 1.29 is 44.3 Å². The van der Waals surface area contributed by atoms with Gasteiger partial charge in [0.25, 0.3) is 20.2 Å². The van der Waals surface area contributed by atoms with Gasteiger partial charge in [-0.1, -0.05) is 12.8 Å². The number of nitrogens with one attached hydrogen (secondary N) is 2. The molecule has 0 aromatic rings. The number of ether oxygens (including phenoxy) is 2. The molecule has 0 rings (SSSR count). The van der Waals surface area contributed by atoms with E-state index >= 15 is 0 Å². The Balaban J connectivity index is 4.83. The van der Waals surface area contributed by atoms with Gasteiger partial charge in [0.15, 0.2) is 0 Å². The molecule has 0 saturated heterocycles. The first-order chi connectivity index (χ1) is 15.2. The van der Waals surface area contributed by atoms with E-state index in [0.717, 1.165) is 12.5 Å².